The number of rotatable bonds is 2. The molecular weight excluding hydrogens is 286 g/mol. The van der Waals surface area contributed by atoms with Gasteiger partial charge in [0.15, 0.2) is 4.67 Å². The van der Waals surface area contributed by atoms with Gasteiger partial charge in [-0.1, -0.05) is 0 Å². The standard InChI is InChI=1S/C12H12BrNOS/c13-11-5-4-8(15-11)12(14)10-6-7-2-1-3-9(7)16-10/h4-6,12H,1-3,14H2. The summed E-state index contributed by atoms with van der Waals surface area (Å²) < 4.78 is 6.24. The predicted octanol–water partition coefficient (Wildman–Crippen LogP) is 3.64. The molecule has 2 aromatic rings. The van der Waals surface area contributed by atoms with Gasteiger partial charge in [0.25, 0.3) is 0 Å². The molecule has 0 aromatic carbocycles. The lowest BCUT2D eigenvalue weighted by atomic mass is 10.1. The van der Waals surface area contributed by atoms with Gasteiger partial charge < -0.3 is 10.2 Å². The van der Waals surface area contributed by atoms with Gasteiger partial charge >= 0.3 is 0 Å². The first-order chi connectivity index (χ1) is 7.74. The molecule has 1 aliphatic carbocycles. The third kappa shape index (κ3) is 1.75. The molecule has 3 rings (SSSR count). The van der Waals surface area contributed by atoms with E-state index in [0.29, 0.717) is 0 Å². The molecule has 2 aromatic heterocycles. The van der Waals surface area contributed by atoms with Crippen LogP contribution < -0.4 is 5.73 Å². The van der Waals surface area contributed by atoms with E-state index < -0.39 is 0 Å². The van der Waals surface area contributed by atoms with Crippen molar-refractivity contribution in [1.82, 2.24) is 0 Å². The molecule has 0 fully saturated rings. The van der Waals surface area contributed by atoms with Gasteiger partial charge in [-0.2, -0.15) is 0 Å². The van der Waals surface area contributed by atoms with Gasteiger partial charge in [0, 0.05) is 9.75 Å². The van der Waals surface area contributed by atoms with Crippen molar-refractivity contribution in [3.05, 3.63) is 43.9 Å². The molecule has 2 heterocycles. The van der Waals surface area contributed by atoms with Gasteiger partial charge in [0.1, 0.15) is 5.76 Å². The Bertz CT molecular complexity index is 495. The molecule has 4 heteroatoms. The summed E-state index contributed by atoms with van der Waals surface area (Å²) in [7, 11) is 0. The maximum atomic E-state index is 6.19. The Labute approximate surface area is 107 Å². The highest BCUT2D eigenvalue weighted by atomic mass is 79.9. The van der Waals surface area contributed by atoms with Gasteiger partial charge in [-0.3, -0.25) is 0 Å². The van der Waals surface area contributed by atoms with Crippen molar-refractivity contribution in [1.29, 1.82) is 0 Å². The third-order valence-corrected chi connectivity index (χ3v) is 4.72. The minimum absolute atomic E-state index is 0.123. The summed E-state index contributed by atoms with van der Waals surface area (Å²) in [5.41, 5.74) is 7.67. The molecule has 0 amide bonds. The van der Waals surface area contributed by atoms with Crippen LogP contribution in [0.5, 0.6) is 0 Å². The largest absolute Gasteiger partial charge is 0.452 e. The van der Waals surface area contributed by atoms with E-state index in [2.05, 4.69) is 22.0 Å². The van der Waals surface area contributed by atoms with E-state index in [1.165, 1.54) is 34.6 Å². The van der Waals surface area contributed by atoms with Crippen molar-refractivity contribution in [2.75, 3.05) is 0 Å². The fourth-order valence-electron chi connectivity index (χ4n) is 2.14. The van der Waals surface area contributed by atoms with Crippen molar-refractivity contribution in [2.45, 2.75) is 25.3 Å². The first-order valence-corrected chi connectivity index (χ1v) is 6.97. The van der Waals surface area contributed by atoms with Crippen LogP contribution in [0.25, 0.3) is 0 Å². The Morgan fingerprint density at radius 1 is 1.38 bits per heavy atom. The zero-order chi connectivity index (χ0) is 11.1. The number of halogens is 1. The number of fused-ring (bicyclic) bond motifs is 1. The van der Waals surface area contributed by atoms with E-state index in [1.807, 2.05) is 23.5 Å². The van der Waals surface area contributed by atoms with Crippen LogP contribution in [0.4, 0.5) is 0 Å². The zero-order valence-corrected chi connectivity index (χ0v) is 11.1. The van der Waals surface area contributed by atoms with Crippen LogP contribution in [-0.2, 0) is 12.8 Å². The molecule has 2 N–H and O–H groups in total. The van der Waals surface area contributed by atoms with Crippen molar-refractivity contribution in [3.8, 4) is 0 Å². The lowest BCUT2D eigenvalue weighted by molar-refractivity contribution is 0.472. The quantitative estimate of drug-likeness (QED) is 0.919. The summed E-state index contributed by atoms with van der Waals surface area (Å²) in [5.74, 6) is 0.826. The molecule has 0 aliphatic heterocycles. The summed E-state index contributed by atoms with van der Waals surface area (Å²) in [6, 6.07) is 5.94. The van der Waals surface area contributed by atoms with Crippen molar-refractivity contribution >= 4 is 27.3 Å². The monoisotopic (exact) mass is 297 g/mol. The fraction of sp³-hybridized carbons (Fsp3) is 0.333. The van der Waals surface area contributed by atoms with Crippen LogP contribution in [0, 0.1) is 0 Å². The number of nitrogens with two attached hydrogens (primary N) is 1. The van der Waals surface area contributed by atoms with E-state index in [-0.39, 0.29) is 6.04 Å². The van der Waals surface area contributed by atoms with E-state index in [4.69, 9.17) is 10.2 Å². The number of hydrogen-bond donors (Lipinski definition) is 1. The average Bonchev–Trinajstić information content (AvgIpc) is 2.89. The second kappa shape index (κ2) is 4.02. The van der Waals surface area contributed by atoms with Crippen molar-refractivity contribution in [2.24, 2.45) is 5.73 Å². The highest BCUT2D eigenvalue weighted by Crippen LogP contribution is 2.35. The Morgan fingerprint density at radius 3 is 2.94 bits per heavy atom. The Morgan fingerprint density at radius 2 is 2.25 bits per heavy atom. The SMILES string of the molecule is NC(c1ccc(Br)o1)c1cc2c(s1)CCC2. The molecule has 2 nitrogen and oxygen atoms in total. The van der Waals surface area contributed by atoms with Crippen LogP contribution in [-0.4, -0.2) is 0 Å². The minimum Gasteiger partial charge on any atom is -0.452 e. The maximum absolute atomic E-state index is 6.19. The zero-order valence-electron chi connectivity index (χ0n) is 8.70. The molecule has 0 radical (unpaired) electrons. The van der Waals surface area contributed by atoms with Crippen LogP contribution in [0.1, 0.15) is 33.5 Å². The summed E-state index contributed by atoms with van der Waals surface area (Å²) in [6.07, 6.45) is 3.72. The summed E-state index contributed by atoms with van der Waals surface area (Å²) >= 11 is 5.13. The fourth-order valence-corrected chi connectivity index (χ4v) is 3.73. The lowest BCUT2D eigenvalue weighted by Crippen LogP contribution is -2.08. The van der Waals surface area contributed by atoms with Crippen molar-refractivity contribution < 1.29 is 4.42 Å². The summed E-state index contributed by atoms with van der Waals surface area (Å²) in [5, 5.41) is 0. The molecular formula is C12H12BrNOS. The van der Waals surface area contributed by atoms with Crippen molar-refractivity contribution in [3.63, 3.8) is 0 Å². The second-order valence-corrected chi connectivity index (χ2v) is 6.02. The maximum Gasteiger partial charge on any atom is 0.169 e. The van der Waals surface area contributed by atoms with Crippen LogP contribution in [0.3, 0.4) is 0 Å². The summed E-state index contributed by atoms with van der Waals surface area (Å²) in [4.78, 5) is 2.72. The smallest absolute Gasteiger partial charge is 0.169 e. The molecule has 0 saturated heterocycles. The van der Waals surface area contributed by atoms with Gasteiger partial charge in [0.05, 0.1) is 6.04 Å². The van der Waals surface area contributed by atoms with Crippen LogP contribution in [0.15, 0.2) is 27.3 Å². The number of aryl methyl sites for hydroxylation is 2. The Hall–Kier alpha value is -0.580. The normalized spacial score (nSPS) is 16.4. The minimum atomic E-state index is -0.123. The molecule has 84 valence electrons. The van der Waals surface area contributed by atoms with Gasteiger partial charge in [-0.05, 0) is 59.0 Å². The number of thiophene rings is 1. The van der Waals surface area contributed by atoms with Gasteiger partial charge in [-0.15, -0.1) is 11.3 Å². The first kappa shape index (κ1) is 10.6. The van der Waals surface area contributed by atoms with Gasteiger partial charge in [0.2, 0.25) is 0 Å². The molecule has 0 spiro atoms. The molecule has 1 unspecified atom stereocenters. The Kier molecular flexibility index (Phi) is 2.65. The molecule has 0 saturated carbocycles. The van der Waals surface area contributed by atoms with Crippen LogP contribution in [0.2, 0.25) is 0 Å². The highest BCUT2D eigenvalue weighted by molar-refractivity contribution is 9.10. The number of furan rings is 1. The van der Waals surface area contributed by atoms with E-state index in [9.17, 15) is 0 Å². The number of hydrogen-bond acceptors (Lipinski definition) is 3. The van der Waals surface area contributed by atoms with Gasteiger partial charge in [-0.25, -0.2) is 0 Å². The average molecular weight is 298 g/mol. The first-order valence-electron chi connectivity index (χ1n) is 5.36. The predicted molar refractivity (Wildman–Crippen MR) is 68.8 cm³/mol. The van der Waals surface area contributed by atoms with E-state index >= 15 is 0 Å². The van der Waals surface area contributed by atoms with E-state index in [1.54, 1.807) is 0 Å². The summed E-state index contributed by atoms with van der Waals surface area (Å²) in [6.45, 7) is 0. The topological polar surface area (TPSA) is 39.2 Å². The van der Waals surface area contributed by atoms with E-state index in [0.717, 1.165) is 10.4 Å². The molecule has 1 atom stereocenters. The molecule has 16 heavy (non-hydrogen) atoms. The molecule has 1 aliphatic rings. The second-order valence-electron chi connectivity index (χ2n) is 4.07. The molecule has 0 bridgehead atoms. The van der Waals surface area contributed by atoms with Crippen LogP contribution >= 0.6 is 27.3 Å². The Balaban J connectivity index is 1.91. The highest BCUT2D eigenvalue weighted by Gasteiger charge is 2.20. The third-order valence-electron chi connectivity index (χ3n) is 2.97. The lowest BCUT2D eigenvalue weighted by Gasteiger charge is -2.05.